The summed E-state index contributed by atoms with van der Waals surface area (Å²) in [6.07, 6.45) is 3.47. The standard InChI is InChI=1S/C22H22ClN5O3S2/c1-14-4-11-19(12-5-14)33(30,31)28-26-20(13-8-17-6-9-18(23)10-7-17)21-15(2)24-22(32-21)27-25-16(3)29/h4-13,28H,1-3H3,(H,24,27)(H,25,29)/b13-8+,26-20-. The minimum atomic E-state index is -3.87. The lowest BCUT2D eigenvalue weighted by Crippen LogP contribution is -2.26. The number of benzene rings is 2. The molecule has 33 heavy (non-hydrogen) atoms. The predicted molar refractivity (Wildman–Crippen MR) is 133 cm³/mol. The Morgan fingerprint density at radius 1 is 1.09 bits per heavy atom. The van der Waals surface area contributed by atoms with Gasteiger partial charge in [0, 0.05) is 11.9 Å². The van der Waals surface area contributed by atoms with Gasteiger partial charge in [-0.05, 0) is 49.8 Å². The van der Waals surface area contributed by atoms with E-state index in [0.717, 1.165) is 11.1 Å². The fourth-order valence-corrected chi connectivity index (χ4v) is 4.46. The zero-order chi connectivity index (χ0) is 24.0. The van der Waals surface area contributed by atoms with Crippen LogP contribution in [0.15, 0.2) is 64.6 Å². The van der Waals surface area contributed by atoms with Gasteiger partial charge in [-0.15, -0.1) is 0 Å². The van der Waals surface area contributed by atoms with Gasteiger partial charge in [-0.25, -0.2) is 4.98 Å². The number of halogens is 1. The lowest BCUT2D eigenvalue weighted by atomic mass is 10.1. The largest absolute Gasteiger partial charge is 0.276 e. The van der Waals surface area contributed by atoms with Crippen LogP contribution in [0, 0.1) is 13.8 Å². The third-order valence-electron chi connectivity index (χ3n) is 4.30. The van der Waals surface area contributed by atoms with Crippen molar-refractivity contribution in [3.63, 3.8) is 0 Å². The molecule has 0 aliphatic heterocycles. The number of aromatic nitrogens is 1. The van der Waals surface area contributed by atoms with Crippen LogP contribution in [0.25, 0.3) is 6.08 Å². The van der Waals surface area contributed by atoms with E-state index in [0.29, 0.717) is 26.4 Å². The number of amides is 1. The first-order valence-electron chi connectivity index (χ1n) is 9.74. The first-order chi connectivity index (χ1) is 15.6. The Hall–Kier alpha value is -3.21. The summed E-state index contributed by atoms with van der Waals surface area (Å²) in [4.78, 5) is 18.6. The zero-order valence-electron chi connectivity index (χ0n) is 18.1. The molecule has 0 fully saturated rings. The molecule has 0 aliphatic rings. The van der Waals surface area contributed by atoms with E-state index in [1.807, 2.05) is 19.1 Å². The number of rotatable bonds is 8. The summed E-state index contributed by atoms with van der Waals surface area (Å²) >= 11 is 7.17. The van der Waals surface area contributed by atoms with Gasteiger partial charge >= 0.3 is 0 Å². The van der Waals surface area contributed by atoms with Crippen molar-refractivity contribution in [3.05, 3.63) is 81.3 Å². The Morgan fingerprint density at radius 3 is 2.39 bits per heavy atom. The molecule has 0 unspecified atom stereocenters. The second-order valence-corrected chi connectivity index (χ2v) is 10.1. The van der Waals surface area contributed by atoms with Crippen LogP contribution in [0.4, 0.5) is 5.13 Å². The molecule has 0 bridgehead atoms. The van der Waals surface area contributed by atoms with Crippen LogP contribution in [0.3, 0.4) is 0 Å². The number of hydrogen-bond acceptors (Lipinski definition) is 7. The van der Waals surface area contributed by atoms with Crippen molar-refractivity contribution in [1.82, 2.24) is 15.2 Å². The maximum atomic E-state index is 12.7. The maximum Gasteiger partial charge on any atom is 0.276 e. The van der Waals surface area contributed by atoms with E-state index < -0.39 is 10.0 Å². The molecule has 172 valence electrons. The van der Waals surface area contributed by atoms with Gasteiger partial charge in [0.1, 0.15) is 5.71 Å². The summed E-state index contributed by atoms with van der Waals surface area (Å²) in [5, 5.41) is 5.23. The average molecular weight is 504 g/mol. The first-order valence-corrected chi connectivity index (χ1v) is 12.4. The Labute approximate surface area is 201 Å². The van der Waals surface area contributed by atoms with Crippen LogP contribution in [0.1, 0.15) is 28.6 Å². The highest BCUT2D eigenvalue weighted by molar-refractivity contribution is 7.89. The molecule has 8 nitrogen and oxygen atoms in total. The highest BCUT2D eigenvalue weighted by Crippen LogP contribution is 2.24. The molecule has 0 saturated heterocycles. The van der Waals surface area contributed by atoms with E-state index in [-0.39, 0.29) is 10.8 Å². The molecular weight excluding hydrogens is 482 g/mol. The second kappa shape index (κ2) is 10.6. The number of carbonyl (C=O) groups is 1. The quantitative estimate of drug-likeness (QED) is 0.314. The van der Waals surface area contributed by atoms with E-state index in [1.165, 1.54) is 30.4 Å². The number of hydrazine groups is 1. The number of hydrogen-bond donors (Lipinski definition) is 3. The number of allylic oxidation sites excluding steroid dienone is 1. The van der Waals surface area contributed by atoms with Crippen LogP contribution in [0.5, 0.6) is 0 Å². The van der Waals surface area contributed by atoms with Crippen molar-refractivity contribution in [2.45, 2.75) is 25.7 Å². The van der Waals surface area contributed by atoms with Gasteiger partial charge in [-0.1, -0.05) is 58.8 Å². The molecule has 0 spiro atoms. The molecule has 3 rings (SSSR count). The van der Waals surface area contributed by atoms with Gasteiger partial charge in [0.2, 0.25) is 11.0 Å². The van der Waals surface area contributed by atoms with Gasteiger partial charge in [0.15, 0.2) is 0 Å². The van der Waals surface area contributed by atoms with Gasteiger partial charge in [0.05, 0.1) is 15.5 Å². The fraction of sp³-hybridized carbons (Fsp3) is 0.136. The van der Waals surface area contributed by atoms with Gasteiger partial charge in [0.25, 0.3) is 10.0 Å². The molecule has 3 N–H and O–H groups in total. The molecule has 1 aromatic heterocycles. The number of anilines is 1. The van der Waals surface area contributed by atoms with Gasteiger partial charge < -0.3 is 0 Å². The minimum Gasteiger partial charge on any atom is -0.274 e. The number of aryl methyl sites for hydroxylation is 2. The normalized spacial score (nSPS) is 12.1. The number of hydrazone groups is 1. The lowest BCUT2D eigenvalue weighted by molar-refractivity contribution is -0.118. The number of thiazole rings is 1. The Balaban J connectivity index is 1.95. The molecule has 11 heteroatoms. The van der Waals surface area contributed by atoms with Crippen LogP contribution < -0.4 is 15.7 Å². The predicted octanol–water partition coefficient (Wildman–Crippen LogP) is 4.27. The molecule has 1 amide bonds. The third kappa shape index (κ3) is 6.88. The smallest absolute Gasteiger partial charge is 0.274 e. The average Bonchev–Trinajstić information content (AvgIpc) is 3.14. The SMILES string of the molecule is CC(=O)NNc1nc(C)c(C(/C=C/c2ccc(Cl)cc2)=N\NS(=O)(=O)c2ccc(C)cc2)s1. The summed E-state index contributed by atoms with van der Waals surface area (Å²) in [6.45, 7) is 5.02. The van der Waals surface area contributed by atoms with Gasteiger partial charge in [-0.3, -0.25) is 15.6 Å². The molecule has 0 saturated carbocycles. The highest BCUT2D eigenvalue weighted by Gasteiger charge is 2.16. The molecule has 3 aromatic rings. The number of nitrogens with zero attached hydrogens (tertiary/aromatic N) is 2. The van der Waals surface area contributed by atoms with Crippen molar-refractivity contribution in [2.75, 3.05) is 5.43 Å². The fourth-order valence-electron chi connectivity index (χ4n) is 2.62. The maximum absolute atomic E-state index is 12.7. The van der Waals surface area contributed by atoms with Crippen LogP contribution in [0.2, 0.25) is 5.02 Å². The number of nitrogens with one attached hydrogen (secondary N) is 3. The van der Waals surface area contributed by atoms with Crippen molar-refractivity contribution >= 4 is 55.8 Å². The summed E-state index contributed by atoms with van der Waals surface area (Å²) in [5.74, 6) is -0.271. The summed E-state index contributed by atoms with van der Waals surface area (Å²) in [7, 11) is -3.87. The van der Waals surface area contributed by atoms with E-state index in [4.69, 9.17) is 11.6 Å². The Kier molecular flexibility index (Phi) is 7.85. The van der Waals surface area contributed by atoms with Crippen LogP contribution in [-0.2, 0) is 14.8 Å². The Bertz CT molecular complexity index is 1300. The van der Waals surface area contributed by atoms with Crippen molar-refractivity contribution in [2.24, 2.45) is 5.10 Å². The number of sulfonamides is 1. The van der Waals surface area contributed by atoms with Crippen LogP contribution >= 0.6 is 22.9 Å². The molecule has 2 aromatic carbocycles. The molecular formula is C22H22ClN5O3S2. The summed E-state index contributed by atoms with van der Waals surface area (Å²) in [6, 6.07) is 13.6. The van der Waals surface area contributed by atoms with E-state index >= 15 is 0 Å². The highest BCUT2D eigenvalue weighted by atomic mass is 35.5. The number of carbonyl (C=O) groups excluding carboxylic acids is 1. The van der Waals surface area contributed by atoms with Crippen LogP contribution in [-0.4, -0.2) is 25.0 Å². The summed E-state index contributed by atoms with van der Waals surface area (Å²) < 4.78 is 25.5. The van der Waals surface area contributed by atoms with Crippen molar-refractivity contribution in [3.8, 4) is 0 Å². The van der Waals surface area contributed by atoms with Crippen molar-refractivity contribution in [1.29, 1.82) is 0 Å². The van der Waals surface area contributed by atoms with E-state index in [2.05, 4.69) is 25.8 Å². The third-order valence-corrected chi connectivity index (χ3v) is 6.87. The van der Waals surface area contributed by atoms with E-state index in [9.17, 15) is 13.2 Å². The summed E-state index contributed by atoms with van der Waals surface area (Å²) in [5.41, 5.74) is 7.95. The minimum absolute atomic E-state index is 0.104. The van der Waals surface area contributed by atoms with Gasteiger partial charge in [-0.2, -0.15) is 18.4 Å². The first kappa shape index (κ1) is 24.4. The second-order valence-electron chi connectivity index (χ2n) is 7.03. The topological polar surface area (TPSA) is 113 Å². The lowest BCUT2D eigenvalue weighted by Gasteiger charge is -2.06. The molecule has 0 radical (unpaired) electrons. The monoisotopic (exact) mass is 503 g/mol. The zero-order valence-corrected chi connectivity index (χ0v) is 20.5. The Morgan fingerprint density at radius 2 is 1.76 bits per heavy atom. The molecule has 0 aliphatic carbocycles. The molecule has 1 heterocycles. The van der Waals surface area contributed by atoms with Crippen molar-refractivity contribution < 1.29 is 13.2 Å². The van der Waals surface area contributed by atoms with E-state index in [1.54, 1.807) is 43.3 Å². The molecule has 0 atom stereocenters.